The molecule has 0 bridgehead atoms. The zero-order valence-electron chi connectivity index (χ0n) is 34.1. The highest BCUT2D eigenvalue weighted by Gasteiger charge is 2.36. The molecular weight excluding hydrogens is 760 g/mol. The number of rotatable bonds is 31. The molecule has 0 aromatic rings. The van der Waals surface area contributed by atoms with Gasteiger partial charge in [-0.3, -0.25) is 38.5 Å². The van der Waals surface area contributed by atoms with E-state index in [-0.39, 0.29) is 73.9 Å². The van der Waals surface area contributed by atoms with E-state index in [9.17, 15) is 48.9 Å². The van der Waals surface area contributed by atoms with Gasteiger partial charge in [0.05, 0.1) is 25.9 Å². The highest BCUT2D eigenvalue weighted by Crippen LogP contribution is 2.21. The SMILES string of the molecule is CC(N)=O.O=C(CCCCOC1CC(O)C(O)C(CO)O1)NCCCNC(=O)CCOCCNC(=O)CCCCCCCCCCC(=O)NCCN1C(=O)C=CC1=O. The first-order chi connectivity index (χ1) is 27.8. The Balaban J connectivity index is 0.00000400. The van der Waals surface area contributed by atoms with Crippen molar-refractivity contribution in [2.24, 2.45) is 5.73 Å². The molecule has 0 aromatic heterocycles. The molecule has 19 heteroatoms. The van der Waals surface area contributed by atoms with E-state index < -0.39 is 31.2 Å². The number of aliphatic hydroxyl groups is 3. The van der Waals surface area contributed by atoms with E-state index in [1.165, 1.54) is 19.1 Å². The Morgan fingerprint density at radius 2 is 1.16 bits per heavy atom. The molecule has 9 N–H and O–H groups in total. The van der Waals surface area contributed by atoms with Gasteiger partial charge in [0, 0.05) is 90.5 Å². The van der Waals surface area contributed by atoms with Crippen molar-refractivity contribution in [3.8, 4) is 0 Å². The van der Waals surface area contributed by atoms with Crippen molar-refractivity contribution >= 4 is 41.4 Å². The Morgan fingerprint density at radius 3 is 1.69 bits per heavy atom. The van der Waals surface area contributed by atoms with Gasteiger partial charge in [0.2, 0.25) is 29.5 Å². The largest absolute Gasteiger partial charge is 0.394 e. The van der Waals surface area contributed by atoms with Crippen LogP contribution < -0.4 is 27.0 Å². The number of hydrogen-bond donors (Lipinski definition) is 8. The number of unbranched alkanes of at least 4 members (excludes halogenated alkanes) is 8. The molecule has 58 heavy (non-hydrogen) atoms. The second-order valence-electron chi connectivity index (χ2n) is 14.1. The lowest BCUT2D eigenvalue weighted by molar-refractivity contribution is -0.256. The van der Waals surface area contributed by atoms with E-state index in [0.29, 0.717) is 71.4 Å². The molecule has 2 aliphatic heterocycles. The van der Waals surface area contributed by atoms with Crippen LogP contribution in [0, 0.1) is 0 Å². The van der Waals surface area contributed by atoms with Gasteiger partial charge in [0.15, 0.2) is 6.29 Å². The predicted octanol–water partition coefficient (Wildman–Crippen LogP) is -0.418. The van der Waals surface area contributed by atoms with Crippen LogP contribution in [0.3, 0.4) is 0 Å². The lowest BCUT2D eigenvalue weighted by Crippen LogP contribution is -2.50. The lowest BCUT2D eigenvalue weighted by atomic mass is 10.0. The van der Waals surface area contributed by atoms with Crippen LogP contribution in [0.2, 0.25) is 0 Å². The number of carbonyl (C=O) groups excluding carboxylic acids is 7. The first-order valence-corrected chi connectivity index (χ1v) is 20.5. The van der Waals surface area contributed by atoms with Gasteiger partial charge in [-0.15, -0.1) is 0 Å². The molecule has 2 aliphatic rings. The third-order valence-electron chi connectivity index (χ3n) is 8.97. The molecule has 4 atom stereocenters. The predicted molar refractivity (Wildman–Crippen MR) is 211 cm³/mol. The summed E-state index contributed by atoms with van der Waals surface area (Å²) in [6.45, 7) is 3.46. The standard InChI is InChI=1S/C37H63N5O12.C2H5NO/c43-27-29-37(51)28(44)26-36(54-29)53-23-10-9-14-30(45)38-18-11-19-39-33(48)17-24-52-25-21-41-32(47)13-8-6-4-2-1-3-5-7-12-31(46)40-20-22-42-34(49)15-16-35(42)50;1-2(3)4/h15-16,28-29,36-37,43-44,51H,1-14,17-27H2,(H,38,45)(H,39,48)(H,40,46)(H,41,47);1H3,(H2,3,4). The van der Waals surface area contributed by atoms with Crippen molar-refractivity contribution in [1.29, 1.82) is 0 Å². The van der Waals surface area contributed by atoms with Gasteiger partial charge in [-0.05, 0) is 32.1 Å². The molecule has 19 nitrogen and oxygen atoms in total. The van der Waals surface area contributed by atoms with Crippen molar-refractivity contribution in [3.05, 3.63) is 12.2 Å². The van der Waals surface area contributed by atoms with Crippen LogP contribution in [0.5, 0.6) is 0 Å². The minimum Gasteiger partial charge on any atom is -0.394 e. The molecule has 2 heterocycles. The van der Waals surface area contributed by atoms with Crippen molar-refractivity contribution in [1.82, 2.24) is 26.2 Å². The third kappa shape index (κ3) is 26.8. The summed E-state index contributed by atoms with van der Waals surface area (Å²) < 4.78 is 16.4. The molecule has 0 aromatic carbocycles. The van der Waals surface area contributed by atoms with Gasteiger partial charge in [-0.2, -0.15) is 0 Å². The molecular formula is C39H68N6O13. The molecule has 1 saturated heterocycles. The summed E-state index contributed by atoms with van der Waals surface area (Å²) in [5.74, 6) is -1.37. The van der Waals surface area contributed by atoms with Crippen LogP contribution in [0.1, 0.15) is 110 Å². The number of imide groups is 1. The van der Waals surface area contributed by atoms with E-state index in [1.54, 1.807) is 0 Å². The van der Waals surface area contributed by atoms with Gasteiger partial charge in [0.25, 0.3) is 11.8 Å². The number of ether oxygens (including phenoxy) is 3. The Labute approximate surface area is 341 Å². The van der Waals surface area contributed by atoms with E-state index in [2.05, 4.69) is 27.0 Å². The Bertz CT molecular complexity index is 1250. The molecule has 1 fully saturated rings. The minimum absolute atomic E-state index is 0.0166. The van der Waals surface area contributed by atoms with Crippen LogP contribution in [-0.4, -0.2) is 145 Å². The van der Waals surface area contributed by atoms with Crippen LogP contribution in [0.4, 0.5) is 0 Å². The number of aliphatic hydroxyl groups excluding tert-OH is 3. The average Bonchev–Trinajstić information content (AvgIpc) is 3.50. The monoisotopic (exact) mass is 828 g/mol. The first kappa shape index (κ1) is 52.0. The van der Waals surface area contributed by atoms with Crippen LogP contribution in [0.25, 0.3) is 0 Å². The third-order valence-corrected chi connectivity index (χ3v) is 8.97. The van der Waals surface area contributed by atoms with Crippen LogP contribution in [-0.2, 0) is 47.8 Å². The second kappa shape index (κ2) is 32.9. The number of primary amides is 1. The molecule has 332 valence electrons. The fourth-order valence-electron chi connectivity index (χ4n) is 5.79. The van der Waals surface area contributed by atoms with Gasteiger partial charge in [-0.1, -0.05) is 38.5 Å². The maximum atomic E-state index is 12.0. The van der Waals surface area contributed by atoms with E-state index >= 15 is 0 Å². The normalized spacial score (nSPS) is 18.7. The highest BCUT2D eigenvalue weighted by atomic mass is 16.7. The molecule has 0 aliphatic carbocycles. The molecule has 7 amide bonds. The summed E-state index contributed by atoms with van der Waals surface area (Å²) in [4.78, 5) is 81.3. The molecule has 0 spiro atoms. The molecule has 4 unspecified atom stereocenters. The topological polar surface area (TPSA) is 285 Å². The van der Waals surface area contributed by atoms with Crippen molar-refractivity contribution < 1.29 is 63.1 Å². The Hall–Kier alpha value is -4.01. The van der Waals surface area contributed by atoms with E-state index in [4.69, 9.17) is 14.2 Å². The smallest absolute Gasteiger partial charge is 0.253 e. The van der Waals surface area contributed by atoms with Gasteiger partial charge in [-0.25, -0.2) is 0 Å². The maximum absolute atomic E-state index is 12.0. The van der Waals surface area contributed by atoms with Crippen molar-refractivity contribution in [2.45, 2.75) is 134 Å². The summed E-state index contributed by atoms with van der Waals surface area (Å²) in [6.07, 6.45) is 9.84. The quantitative estimate of drug-likeness (QED) is 0.0326. The van der Waals surface area contributed by atoms with Gasteiger partial charge in [0.1, 0.15) is 12.2 Å². The molecule has 0 saturated carbocycles. The first-order valence-electron chi connectivity index (χ1n) is 20.5. The van der Waals surface area contributed by atoms with E-state index in [0.717, 1.165) is 56.3 Å². The summed E-state index contributed by atoms with van der Waals surface area (Å²) in [5, 5.41) is 39.9. The van der Waals surface area contributed by atoms with Crippen LogP contribution in [0.15, 0.2) is 12.2 Å². The number of carbonyl (C=O) groups is 7. The zero-order chi connectivity index (χ0) is 43.0. The van der Waals surface area contributed by atoms with E-state index in [1.807, 2.05) is 0 Å². The fourth-order valence-corrected chi connectivity index (χ4v) is 5.79. The maximum Gasteiger partial charge on any atom is 0.253 e. The summed E-state index contributed by atoms with van der Waals surface area (Å²) in [6, 6.07) is 0. The number of nitrogens with one attached hydrogen (secondary N) is 4. The Kier molecular flexibility index (Phi) is 29.5. The average molecular weight is 829 g/mol. The number of amides is 7. The molecule has 2 rings (SSSR count). The summed E-state index contributed by atoms with van der Waals surface area (Å²) in [7, 11) is 0. The van der Waals surface area contributed by atoms with Crippen LogP contribution >= 0.6 is 0 Å². The number of nitrogens with zero attached hydrogens (tertiary/aromatic N) is 1. The van der Waals surface area contributed by atoms with Gasteiger partial charge >= 0.3 is 0 Å². The minimum atomic E-state index is -1.15. The number of nitrogens with two attached hydrogens (primary N) is 1. The van der Waals surface area contributed by atoms with Crippen molar-refractivity contribution in [3.63, 3.8) is 0 Å². The fraction of sp³-hybridized carbons (Fsp3) is 0.769. The summed E-state index contributed by atoms with van der Waals surface area (Å²) >= 11 is 0. The van der Waals surface area contributed by atoms with Crippen molar-refractivity contribution in [2.75, 3.05) is 59.2 Å². The van der Waals surface area contributed by atoms with Gasteiger partial charge < -0.3 is 56.5 Å². The Morgan fingerprint density at radius 1 is 0.690 bits per heavy atom. The highest BCUT2D eigenvalue weighted by molar-refractivity contribution is 6.12. The molecule has 0 radical (unpaired) electrons. The lowest BCUT2D eigenvalue weighted by Gasteiger charge is -2.36. The second-order valence-corrected chi connectivity index (χ2v) is 14.1. The summed E-state index contributed by atoms with van der Waals surface area (Å²) in [5.41, 5.74) is 4.47. The zero-order valence-corrected chi connectivity index (χ0v) is 34.1. The number of hydrogen-bond acceptors (Lipinski definition) is 13.